The van der Waals surface area contributed by atoms with Crippen LogP contribution in [0.5, 0.6) is 0 Å². The first-order chi connectivity index (χ1) is 9.49. The van der Waals surface area contributed by atoms with E-state index >= 15 is 0 Å². The Hall–Kier alpha value is -2.43. The van der Waals surface area contributed by atoms with Crippen molar-refractivity contribution in [3.63, 3.8) is 0 Å². The van der Waals surface area contributed by atoms with Crippen molar-refractivity contribution < 1.29 is 4.79 Å². The van der Waals surface area contributed by atoms with Crippen LogP contribution in [0.1, 0.15) is 31.5 Å². The van der Waals surface area contributed by atoms with E-state index in [1.54, 1.807) is 19.0 Å². The molecule has 1 amide bonds. The van der Waals surface area contributed by atoms with Gasteiger partial charge in [-0.25, -0.2) is 0 Å². The maximum absolute atomic E-state index is 12.0. The highest BCUT2D eigenvalue weighted by atomic mass is 16.1. The number of nitrogens with one attached hydrogen (secondary N) is 1. The van der Waals surface area contributed by atoms with Crippen molar-refractivity contribution in [2.75, 3.05) is 31.3 Å². The minimum absolute atomic E-state index is 0.0136. The number of amides is 1. The monoisotopic (exact) mass is 277 g/mol. The van der Waals surface area contributed by atoms with E-state index in [1.165, 1.54) is 0 Å². The summed E-state index contributed by atoms with van der Waals surface area (Å²) in [6.07, 6.45) is 1.81. The molecular weight excluding hydrogens is 258 g/mol. The zero-order valence-corrected chi connectivity index (χ0v) is 11.9. The minimum atomic E-state index is -1.09. The van der Waals surface area contributed by atoms with Crippen molar-refractivity contribution in [3.05, 3.63) is 5.82 Å². The molecule has 1 aromatic rings. The Kier molecular flexibility index (Phi) is 5.65. The molecule has 1 heterocycles. The van der Waals surface area contributed by atoms with Gasteiger partial charge in [0.25, 0.3) is 0 Å². The molecule has 0 saturated carbocycles. The van der Waals surface area contributed by atoms with E-state index in [0.29, 0.717) is 12.5 Å². The molecule has 3 N–H and O–H groups in total. The molecule has 0 spiro atoms. The van der Waals surface area contributed by atoms with Gasteiger partial charge < -0.3 is 16.0 Å². The number of hydrogen-bond acceptors (Lipinski definition) is 7. The third-order valence-electron chi connectivity index (χ3n) is 2.54. The van der Waals surface area contributed by atoms with Crippen LogP contribution in [0.3, 0.4) is 0 Å². The van der Waals surface area contributed by atoms with Crippen LogP contribution >= 0.6 is 0 Å². The summed E-state index contributed by atoms with van der Waals surface area (Å²) >= 11 is 0. The zero-order chi connectivity index (χ0) is 15.1. The summed E-state index contributed by atoms with van der Waals surface area (Å²) in [4.78, 5) is 25.5. The summed E-state index contributed by atoms with van der Waals surface area (Å²) in [6.45, 7) is 2.54. The average molecular weight is 277 g/mol. The van der Waals surface area contributed by atoms with Gasteiger partial charge in [-0.05, 0) is 6.42 Å². The number of carbonyl (C=O) groups excluding carboxylic acids is 1. The zero-order valence-electron chi connectivity index (χ0n) is 11.9. The maximum atomic E-state index is 12.0. The lowest BCUT2D eigenvalue weighted by molar-refractivity contribution is -0.121. The van der Waals surface area contributed by atoms with E-state index in [1.807, 2.05) is 13.0 Å². The number of anilines is 2. The molecular formula is C12H19N7O. The van der Waals surface area contributed by atoms with Crippen LogP contribution in [-0.4, -0.2) is 41.5 Å². The molecule has 0 aliphatic heterocycles. The highest BCUT2D eigenvalue weighted by Gasteiger charge is 2.24. The van der Waals surface area contributed by atoms with E-state index in [9.17, 15) is 4.79 Å². The normalized spacial score (nSPS) is 11.5. The Morgan fingerprint density at radius 2 is 2.15 bits per heavy atom. The number of nitriles is 1. The molecule has 0 radical (unpaired) electrons. The van der Waals surface area contributed by atoms with Gasteiger partial charge in [-0.2, -0.15) is 20.2 Å². The Morgan fingerprint density at radius 1 is 1.45 bits per heavy atom. The van der Waals surface area contributed by atoms with Gasteiger partial charge in [-0.15, -0.1) is 0 Å². The van der Waals surface area contributed by atoms with Gasteiger partial charge in [0.05, 0.1) is 6.07 Å². The van der Waals surface area contributed by atoms with Gasteiger partial charge in [0.1, 0.15) is 0 Å². The second-order valence-corrected chi connectivity index (χ2v) is 4.45. The topological polar surface area (TPSA) is 121 Å². The summed E-state index contributed by atoms with van der Waals surface area (Å²) in [5.74, 6) is -1.14. The number of unbranched alkanes of at least 4 members (excludes halogenated alkanes) is 1. The van der Waals surface area contributed by atoms with Crippen molar-refractivity contribution in [3.8, 4) is 6.07 Å². The average Bonchev–Trinajstić information content (AvgIpc) is 2.39. The van der Waals surface area contributed by atoms with E-state index in [2.05, 4.69) is 20.3 Å². The third-order valence-corrected chi connectivity index (χ3v) is 2.54. The molecule has 1 unspecified atom stereocenters. The van der Waals surface area contributed by atoms with Gasteiger partial charge in [0, 0.05) is 20.6 Å². The number of nitrogens with zero attached hydrogens (tertiary/aromatic N) is 5. The summed E-state index contributed by atoms with van der Waals surface area (Å²) in [5.41, 5.74) is 5.58. The number of rotatable bonds is 6. The van der Waals surface area contributed by atoms with E-state index in [0.717, 1.165) is 12.8 Å². The van der Waals surface area contributed by atoms with Crippen molar-refractivity contribution in [2.45, 2.75) is 25.7 Å². The minimum Gasteiger partial charge on any atom is -0.368 e. The van der Waals surface area contributed by atoms with Gasteiger partial charge >= 0.3 is 0 Å². The van der Waals surface area contributed by atoms with Gasteiger partial charge in [-0.1, -0.05) is 13.3 Å². The molecule has 0 fully saturated rings. The Bertz CT molecular complexity index is 509. The number of nitrogens with two attached hydrogens (primary N) is 1. The van der Waals surface area contributed by atoms with Crippen LogP contribution in [0.2, 0.25) is 0 Å². The standard InChI is InChI=1S/C12H19N7O/c1-4-5-6-15-10(20)8(7-13)9-16-11(14)18-12(17-9)19(2)3/h8H,4-6H2,1-3H3,(H,15,20)(H2,14,16,17,18). The second-order valence-electron chi connectivity index (χ2n) is 4.45. The van der Waals surface area contributed by atoms with Gasteiger partial charge in [0.2, 0.25) is 17.8 Å². The molecule has 0 aliphatic rings. The molecule has 20 heavy (non-hydrogen) atoms. The van der Waals surface area contributed by atoms with E-state index < -0.39 is 11.8 Å². The molecule has 0 saturated heterocycles. The largest absolute Gasteiger partial charge is 0.368 e. The first-order valence-corrected chi connectivity index (χ1v) is 6.35. The Morgan fingerprint density at radius 3 is 2.70 bits per heavy atom. The third kappa shape index (κ3) is 4.05. The lowest BCUT2D eigenvalue weighted by Gasteiger charge is -2.13. The Balaban J connectivity index is 2.95. The summed E-state index contributed by atoms with van der Waals surface area (Å²) in [6, 6.07) is 1.90. The van der Waals surface area contributed by atoms with Crippen LogP contribution < -0.4 is 16.0 Å². The number of nitrogen functional groups attached to an aromatic ring is 1. The lowest BCUT2D eigenvalue weighted by atomic mass is 10.1. The Labute approximate surface area is 118 Å². The fraction of sp³-hybridized carbons (Fsp3) is 0.583. The van der Waals surface area contributed by atoms with E-state index in [-0.39, 0.29) is 11.8 Å². The molecule has 1 aromatic heterocycles. The molecule has 0 bridgehead atoms. The molecule has 8 nitrogen and oxygen atoms in total. The van der Waals surface area contributed by atoms with Crippen LogP contribution in [0.15, 0.2) is 0 Å². The van der Waals surface area contributed by atoms with Crippen LogP contribution in [0.25, 0.3) is 0 Å². The molecule has 8 heteroatoms. The van der Waals surface area contributed by atoms with Crippen molar-refractivity contribution in [1.82, 2.24) is 20.3 Å². The summed E-state index contributed by atoms with van der Waals surface area (Å²) < 4.78 is 0. The fourth-order valence-corrected chi connectivity index (χ4v) is 1.45. The number of carbonyl (C=O) groups is 1. The highest BCUT2D eigenvalue weighted by Crippen LogP contribution is 2.14. The fourth-order valence-electron chi connectivity index (χ4n) is 1.45. The predicted octanol–water partition coefficient (Wildman–Crippen LogP) is 0.0433. The van der Waals surface area contributed by atoms with Crippen molar-refractivity contribution >= 4 is 17.8 Å². The maximum Gasteiger partial charge on any atom is 0.245 e. The molecule has 108 valence electrons. The van der Waals surface area contributed by atoms with Crippen molar-refractivity contribution in [1.29, 1.82) is 5.26 Å². The van der Waals surface area contributed by atoms with E-state index in [4.69, 9.17) is 11.0 Å². The second kappa shape index (κ2) is 7.23. The van der Waals surface area contributed by atoms with Crippen LogP contribution in [-0.2, 0) is 4.79 Å². The van der Waals surface area contributed by atoms with Gasteiger partial charge in [0.15, 0.2) is 11.7 Å². The first-order valence-electron chi connectivity index (χ1n) is 6.35. The first kappa shape index (κ1) is 15.6. The molecule has 0 aliphatic carbocycles. The SMILES string of the molecule is CCCCNC(=O)C(C#N)c1nc(N)nc(N(C)C)n1. The highest BCUT2D eigenvalue weighted by molar-refractivity contribution is 5.85. The van der Waals surface area contributed by atoms with Crippen LogP contribution in [0.4, 0.5) is 11.9 Å². The van der Waals surface area contributed by atoms with Gasteiger partial charge in [-0.3, -0.25) is 4.79 Å². The molecule has 1 atom stereocenters. The molecule has 0 aromatic carbocycles. The summed E-state index contributed by atoms with van der Waals surface area (Å²) in [5, 5.41) is 11.8. The molecule has 1 rings (SSSR count). The van der Waals surface area contributed by atoms with Crippen LogP contribution in [0, 0.1) is 11.3 Å². The predicted molar refractivity (Wildman–Crippen MR) is 74.8 cm³/mol. The number of hydrogen-bond donors (Lipinski definition) is 2. The lowest BCUT2D eigenvalue weighted by Crippen LogP contribution is -2.31. The summed E-state index contributed by atoms with van der Waals surface area (Å²) in [7, 11) is 3.47. The van der Waals surface area contributed by atoms with Crippen molar-refractivity contribution in [2.24, 2.45) is 0 Å². The smallest absolute Gasteiger partial charge is 0.245 e. The number of aromatic nitrogens is 3. The quantitative estimate of drug-likeness (QED) is 0.704.